The maximum Gasteiger partial charge on any atom is 0.337 e. The van der Waals surface area contributed by atoms with E-state index in [1.807, 2.05) is 20.0 Å². The fourth-order valence-corrected chi connectivity index (χ4v) is 5.77. The van der Waals surface area contributed by atoms with Gasteiger partial charge in [0.25, 0.3) is 5.91 Å². The van der Waals surface area contributed by atoms with E-state index in [2.05, 4.69) is 26.3 Å². The minimum Gasteiger partial charge on any atom is -0.460 e. The first kappa shape index (κ1) is 21.2. The third-order valence-electron chi connectivity index (χ3n) is 5.18. The first-order valence-electron chi connectivity index (χ1n) is 10.1. The number of esters is 1. The number of thioether (sulfide) groups is 1. The van der Waals surface area contributed by atoms with Crippen LogP contribution in [0, 0.1) is 5.92 Å². The Balaban J connectivity index is 1.50. The Labute approximate surface area is 187 Å². The number of amides is 1. The van der Waals surface area contributed by atoms with Crippen molar-refractivity contribution in [1.82, 2.24) is 15.1 Å². The second-order valence-electron chi connectivity index (χ2n) is 7.82. The molecule has 0 saturated heterocycles. The summed E-state index contributed by atoms with van der Waals surface area (Å²) in [6, 6.07) is 3.40. The Kier molecular flexibility index (Phi) is 6.38. The van der Waals surface area contributed by atoms with Crippen molar-refractivity contribution in [2.75, 3.05) is 0 Å². The van der Waals surface area contributed by atoms with Crippen molar-refractivity contribution in [1.29, 1.82) is 0 Å². The lowest BCUT2D eigenvalue weighted by Gasteiger charge is -2.25. The highest BCUT2D eigenvalue weighted by Gasteiger charge is 2.42. The number of ether oxygens (including phenoxy) is 1. The van der Waals surface area contributed by atoms with Gasteiger partial charge in [0.2, 0.25) is 0 Å². The van der Waals surface area contributed by atoms with Crippen LogP contribution in [0.1, 0.15) is 55.8 Å². The van der Waals surface area contributed by atoms with Crippen LogP contribution in [-0.2, 0) is 16.1 Å². The minimum absolute atomic E-state index is 0.135. The molecule has 7 nitrogen and oxygen atoms in total. The van der Waals surface area contributed by atoms with Gasteiger partial charge in [0, 0.05) is 17.4 Å². The summed E-state index contributed by atoms with van der Waals surface area (Å²) in [5.74, 6) is 0.272. The van der Waals surface area contributed by atoms with Gasteiger partial charge < -0.3 is 14.5 Å². The van der Waals surface area contributed by atoms with Crippen LogP contribution in [0.5, 0.6) is 0 Å². The lowest BCUT2D eigenvalue weighted by atomic mass is 9.84. The molecule has 2 aromatic heterocycles. The zero-order valence-corrected chi connectivity index (χ0v) is 19.3. The summed E-state index contributed by atoms with van der Waals surface area (Å²) in [5, 5.41) is 8.03. The number of nitrogens with zero attached hydrogens (tertiary/aromatic N) is 2. The normalized spacial score (nSPS) is 21.1. The van der Waals surface area contributed by atoms with Gasteiger partial charge in [0.1, 0.15) is 5.76 Å². The molecule has 2 aromatic rings. The number of furan rings is 1. The van der Waals surface area contributed by atoms with Crippen LogP contribution in [0.4, 0.5) is 0 Å². The van der Waals surface area contributed by atoms with Gasteiger partial charge in [-0.25, -0.2) is 4.79 Å². The van der Waals surface area contributed by atoms with Gasteiger partial charge in [-0.2, -0.15) is 5.10 Å². The minimum atomic E-state index is -0.362. The van der Waals surface area contributed by atoms with Crippen LogP contribution in [0.15, 0.2) is 44.0 Å². The predicted molar refractivity (Wildman–Crippen MR) is 117 cm³/mol. The SMILES string of the molecule is CC(C)OC(=O)C1=C(NC(=O)c2ccc(Cn3cc(Br)cn3)o2)S[C@@H]2CCCC[C@H]12. The molecule has 0 aromatic carbocycles. The standard InChI is InChI=1S/C21H24BrN3O4S/c1-12(2)28-21(27)18-15-5-3-4-6-17(15)30-20(18)24-19(26)16-8-7-14(29-16)11-25-10-13(22)9-23-25/h7-10,12,15,17H,3-6,11H2,1-2H3,(H,24,26)/t15-,17+/m0/s1. The molecular weight excluding hydrogens is 470 g/mol. The van der Waals surface area contributed by atoms with E-state index < -0.39 is 0 Å². The van der Waals surface area contributed by atoms with E-state index >= 15 is 0 Å². The molecule has 1 N–H and O–H groups in total. The maximum absolute atomic E-state index is 12.8. The molecule has 0 bridgehead atoms. The third kappa shape index (κ3) is 4.67. The molecule has 1 amide bonds. The largest absolute Gasteiger partial charge is 0.460 e. The van der Waals surface area contributed by atoms with E-state index in [1.54, 1.807) is 34.8 Å². The summed E-state index contributed by atoms with van der Waals surface area (Å²) in [5.41, 5.74) is 0.611. The molecule has 0 spiro atoms. The topological polar surface area (TPSA) is 86.4 Å². The summed E-state index contributed by atoms with van der Waals surface area (Å²) in [7, 11) is 0. The van der Waals surface area contributed by atoms with Crippen LogP contribution in [0.2, 0.25) is 0 Å². The number of carbonyl (C=O) groups excluding carboxylic acids is 2. The smallest absolute Gasteiger partial charge is 0.337 e. The van der Waals surface area contributed by atoms with E-state index in [0.29, 0.717) is 28.2 Å². The highest BCUT2D eigenvalue weighted by atomic mass is 79.9. The zero-order valence-electron chi connectivity index (χ0n) is 16.9. The molecular formula is C21H24BrN3O4S. The van der Waals surface area contributed by atoms with Crippen molar-refractivity contribution >= 4 is 39.6 Å². The van der Waals surface area contributed by atoms with Gasteiger partial charge in [-0.1, -0.05) is 12.8 Å². The monoisotopic (exact) mass is 493 g/mol. The number of carbonyl (C=O) groups is 2. The van der Waals surface area contributed by atoms with Crippen molar-refractivity contribution in [2.45, 2.75) is 57.4 Å². The Hall–Kier alpha value is -2.00. The van der Waals surface area contributed by atoms with Crippen molar-refractivity contribution in [3.8, 4) is 0 Å². The van der Waals surface area contributed by atoms with E-state index in [9.17, 15) is 9.59 Å². The number of fused-ring (bicyclic) bond motifs is 1. The highest BCUT2D eigenvalue weighted by molar-refractivity contribution is 9.10. The number of aromatic nitrogens is 2. The van der Waals surface area contributed by atoms with Crippen molar-refractivity contribution < 1.29 is 18.7 Å². The van der Waals surface area contributed by atoms with Crippen molar-refractivity contribution in [3.05, 3.63) is 51.1 Å². The second kappa shape index (κ2) is 9.01. The van der Waals surface area contributed by atoms with Crippen molar-refractivity contribution in [3.63, 3.8) is 0 Å². The molecule has 1 saturated carbocycles. The number of rotatable bonds is 6. The summed E-state index contributed by atoms with van der Waals surface area (Å²) < 4.78 is 13.8. The molecule has 0 unspecified atom stereocenters. The van der Waals surface area contributed by atoms with Gasteiger partial charge in [-0.3, -0.25) is 9.48 Å². The molecule has 4 rings (SSSR count). The molecule has 1 aliphatic carbocycles. The predicted octanol–water partition coefficient (Wildman–Crippen LogP) is 4.49. The molecule has 9 heteroatoms. The first-order chi connectivity index (χ1) is 14.4. The molecule has 160 valence electrons. The lowest BCUT2D eigenvalue weighted by Crippen LogP contribution is -2.27. The lowest BCUT2D eigenvalue weighted by molar-refractivity contribution is -0.143. The Morgan fingerprint density at radius 1 is 1.37 bits per heavy atom. The molecule has 0 radical (unpaired) electrons. The summed E-state index contributed by atoms with van der Waals surface area (Å²) in [4.78, 5) is 25.6. The number of hydrogen-bond acceptors (Lipinski definition) is 6. The Morgan fingerprint density at radius 3 is 2.90 bits per heavy atom. The summed E-state index contributed by atoms with van der Waals surface area (Å²) in [6.07, 6.45) is 7.54. The number of nitrogens with one attached hydrogen (secondary N) is 1. The fourth-order valence-electron chi connectivity index (χ4n) is 3.90. The van der Waals surface area contributed by atoms with E-state index in [-0.39, 0.29) is 29.7 Å². The van der Waals surface area contributed by atoms with Crippen LogP contribution >= 0.6 is 27.7 Å². The van der Waals surface area contributed by atoms with Gasteiger partial charge in [-0.05, 0) is 54.8 Å². The molecule has 2 aliphatic rings. The van der Waals surface area contributed by atoms with Crippen LogP contribution in [0.25, 0.3) is 0 Å². The Morgan fingerprint density at radius 2 is 2.17 bits per heavy atom. The highest BCUT2D eigenvalue weighted by Crippen LogP contribution is 2.48. The molecule has 3 heterocycles. The van der Waals surface area contributed by atoms with Gasteiger partial charge in [0.15, 0.2) is 5.76 Å². The van der Waals surface area contributed by atoms with Gasteiger partial charge in [-0.15, -0.1) is 11.8 Å². The Bertz CT molecular complexity index is 981. The zero-order chi connectivity index (χ0) is 21.3. The molecule has 2 atom stereocenters. The van der Waals surface area contributed by atoms with Gasteiger partial charge >= 0.3 is 5.97 Å². The molecule has 1 fully saturated rings. The molecule has 30 heavy (non-hydrogen) atoms. The summed E-state index contributed by atoms with van der Waals surface area (Å²) in [6.45, 7) is 4.09. The van der Waals surface area contributed by atoms with E-state index in [1.165, 1.54) is 0 Å². The van der Waals surface area contributed by atoms with E-state index in [0.717, 1.165) is 30.2 Å². The quantitative estimate of drug-likeness (QED) is 0.596. The summed E-state index contributed by atoms with van der Waals surface area (Å²) >= 11 is 4.94. The van der Waals surface area contributed by atoms with Crippen LogP contribution in [0.3, 0.4) is 0 Å². The molecule has 1 aliphatic heterocycles. The van der Waals surface area contributed by atoms with Crippen molar-refractivity contribution in [2.24, 2.45) is 5.92 Å². The average molecular weight is 494 g/mol. The average Bonchev–Trinajstić information content (AvgIpc) is 3.39. The van der Waals surface area contributed by atoms with E-state index in [4.69, 9.17) is 9.15 Å². The third-order valence-corrected chi connectivity index (χ3v) is 7.02. The number of halogens is 1. The van der Waals surface area contributed by atoms with Gasteiger partial charge in [0.05, 0.1) is 33.9 Å². The second-order valence-corrected chi connectivity index (χ2v) is 9.99. The number of hydrogen-bond donors (Lipinski definition) is 1. The van der Waals surface area contributed by atoms with Crippen LogP contribution < -0.4 is 5.32 Å². The maximum atomic E-state index is 12.8. The fraction of sp³-hybridized carbons (Fsp3) is 0.476. The van der Waals surface area contributed by atoms with Crippen LogP contribution in [-0.4, -0.2) is 33.0 Å². The first-order valence-corrected chi connectivity index (χ1v) is 11.8.